The van der Waals surface area contributed by atoms with Crippen molar-refractivity contribution in [3.8, 4) is 0 Å². The van der Waals surface area contributed by atoms with Crippen LogP contribution < -0.4 is 5.84 Å². The van der Waals surface area contributed by atoms with E-state index >= 15 is 0 Å². The Morgan fingerprint density at radius 3 is 2.00 bits per heavy atom. The molecule has 0 amide bonds. The summed E-state index contributed by atoms with van der Waals surface area (Å²) in [5.41, 5.74) is 0.873. The molecule has 2 nitrogen and oxygen atoms in total. The normalized spacial score (nSPS) is 7.88. The Bertz CT molecular complexity index is 74.6. The maximum absolute atomic E-state index is 4.74. The van der Waals surface area contributed by atoms with Gasteiger partial charge < -0.3 is 5.84 Å². The van der Waals surface area contributed by atoms with Crippen LogP contribution in [-0.4, -0.2) is 6.21 Å². The molecule has 0 bridgehead atoms. The molecule has 0 atom stereocenters. The Morgan fingerprint density at radius 1 is 1.62 bits per heavy atom. The van der Waals surface area contributed by atoms with Gasteiger partial charge in [0.25, 0.3) is 0 Å². The molecule has 8 heavy (non-hydrogen) atoms. The second kappa shape index (κ2) is 9.51. The highest BCUT2D eigenvalue weighted by atomic mass is 15.1. The minimum absolute atomic E-state index is 0.873. The van der Waals surface area contributed by atoms with Crippen LogP contribution >= 0.6 is 0 Å². The van der Waals surface area contributed by atoms with Crippen LogP contribution in [0, 0.1) is 0 Å². The van der Waals surface area contributed by atoms with Gasteiger partial charge in [0, 0.05) is 6.21 Å². The van der Waals surface area contributed by atoms with Crippen molar-refractivity contribution in [2.45, 2.75) is 20.8 Å². The van der Waals surface area contributed by atoms with Crippen LogP contribution in [0.4, 0.5) is 0 Å². The lowest BCUT2D eigenvalue weighted by molar-refractivity contribution is 1.26. The van der Waals surface area contributed by atoms with E-state index in [0.717, 1.165) is 5.57 Å². The summed E-state index contributed by atoms with van der Waals surface area (Å²) in [4.78, 5) is 0. The van der Waals surface area contributed by atoms with Gasteiger partial charge in [0.15, 0.2) is 0 Å². The minimum Gasteiger partial charge on any atom is -0.323 e. The standard InChI is InChI=1S/C4H8N2.C2H6/c1-4(2)3-6-5;1-2/h3H,1,5H2,2H3;1-2H3/b6-3-;. The molecule has 48 valence electrons. The smallest absolute Gasteiger partial charge is 0.0488 e. The summed E-state index contributed by atoms with van der Waals surface area (Å²) in [6.45, 7) is 9.35. The van der Waals surface area contributed by atoms with Gasteiger partial charge >= 0.3 is 0 Å². The zero-order valence-electron chi connectivity index (χ0n) is 5.81. The molecule has 0 aromatic rings. The molecule has 0 saturated heterocycles. The molecule has 0 heterocycles. The average Bonchev–Trinajstić information content (AvgIpc) is 1.72. The quantitative estimate of drug-likeness (QED) is 0.313. The first-order chi connectivity index (χ1) is 3.77. The van der Waals surface area contributed by atoms with E-state index in [4.69, 9.17) is 5.84 Å². The third kappa shape index (κ3) is 18.9. The van der Waals surface area contributed by atoms with Crippen LogP contribution in [0.2, 0.25) is 0 Å². The summed E-state index contributed by atoms with van der Waals surface area (Å²) in [6.07, 6.45) is 1.50. The van der Waals surface area contributed by atoms with Crippen molar-refractivity contribution in [2.24, 2.45) is 10.9 Å². The highest BCUT2D eigenvalue weighted by molar-refractivity contribution is 5.76. The average molecular weight is 114 g/mol. The van der Waals surface area contributed by atoms with E-state index in [1.54, 1.807) is 0 Å². The fourth-order valence-electron chi connectivity index (χ4n) is 0.127. The molecule has 0 spiro atoms. The van der Waals surface area contributed by atoms with Crippen LogP contribution in [0.25, 0.3) is 0 Å². The molecule has 0 aromatic carbocycles. The van der Waals surface area contributed by atoms with Crippen molar-refractivity contribution in [1.29, 1.82) is 0 Å². The molecule has 0 aliphatic rings. The van der Waals surface area contributed by atoms with Gasteiger partial charge in [0.2, 0.25) is 0 Å². The van der Waals surface area contributed by atoms with Gasteiger partial charge in [0.05, 0.1) is 0 Å². The zero-order chi connectivity index (χ0) is 6.99. The van der Waals surface area contributed by atoms with E-state index in [0.29, 0.717) is 0 Å². The van der Waals surface area contributed by atoms with Gasteiger partial charge in [-0.2, -0.15) is 5.10 Å². The number of hydrogen-bond acceptors (Lipinski definition) is 2. The Labute approximate surface area is 51.1 Å². The topological polar surface area (TPSA) is 38.4 Å². The molecular formula is C6H14N2. The number of nitrogens with zero attached hydrogens (tertiary/aromatic N) is 1. The highest BCUT2D eigenvalue weighted by Crippen LogP contribution is 1.73. The Kier molecular flexibility index (Phi) is 12.2. The number of allylic oxidation sites excluding steroid dienone is 1. The predicted molar refractivity (Wildman–Crippen MR) is 38.8 cm³/mol. The largest absolute Gasteiger partial charge is 0.323 e. The summed E-state index contributed by atoms with van der Waals surface area (Å²) in [5.74, 6) is 4.74. The molecule has 0 aliphatic carbocycles. The van der Waals surface area contributed by atoms with E-state index < -0.39 is 0 Å². The van der Waals surface area contributed by atoms with E-state index in [-0.39, 0.29) is 0 Å². The number of rotatable bonds is 1. The van der Waals surface area contributed by atoms with Crippen molar-refractivity contribution >= 4 is 6.21 Å². The van der Waals surface area contributed by atoms with Crippen molar-refractivity contribution < 1.29 is 0 Å². The first kappa shape index (κ1) is 10.2. The van der Waals surface area contributed by atoms with Crippen LogP contribution in [0.15, 0.2) is 17.3 Å². The van der Waals surface area contributed by atoms with Crippen molar-refractivity contribution in [3.63, 3.8) is 0 Å². The van der Waals surface area contributed by atoms with E-state index in [1.165, 1.54) is 6.21 Å². The fraction of sp³-hybridized carbons (Fsp3) is 0.500. The van der Waals surface area contributed by atoms with E-state index in [2.05, 4.69) is 11.7 Å². The third-order valence-electron chi connectivity index (χ3n) is 0.295. The molecule has 0 aliphatic heterocycles. The number of hydrogen-bond donors (Lipinski definition) is 1. The maximum atomic E-state index is 4.74. The lowest BCUT2D eigenvalue weighted by atomic mass is 10.4. The van der Waals surface area contributed by atoms with Gasteiger partial charge in [0.1, 0.15) is 0 Å². The molecule has 0 saturated carbocycles. The number of hydrazone groups is 1. The second-order valence-electron chi connectivity index (χ2n) is 1.12. The summed E-state index contributed by atoms with van der Waals surface area (Å²) in [6, 6.07) is 0. The van der Waals surface area contributed by atoms with Gasteiger partial charge in [-0.3, -0.25) is 0 Å². The van der Waals surface area contributed by atoms with Gasteiger partial charge in [-0.1, -0.05) is 20.4 Å². The van der Waals surface area contributed by atoms with Gasteiger partial charge in [-0.15, -0.1) is 0 Å². The van der Waals surface area contributed by atoms with Gasteiger partial charge in [-0.25, -0.2) is 0 Å². The highest BCUT2D eigenvalue weighted by Gasteiger charge is 1.65. The van der Waals surface area contributed by atoms with E-state index in [1.807, 2.05) is 20.8 Å². The molecule has 0 rings (SSSR count). The molecule has 0 unspecified atom stereocenters. The lowest BCUT2D eigenvalue weighted by Crippen LogP contribution is -1.81. The Hall–Kier alpha value is -0.790. The predicted octanol–water partition coefficient (Wildman–Crippen LogP) is 1.53. The molecule has 0 radical (unpaired) electrons. The minimum atomic E-state index is 0.873. The van der Waals surface area contributed by atoms with Crippen molar-refractivity contribution in [2.75, 3.05) is 0 Å². The van der Waals surface area contributed by atoms with Crippen molar-refractivity contribution in [3.05, 3.63) is 12.2 Å². The Balaban J connectivity index is 0. The zero-order valence-corrected chi connectivity index (χ0v) is 5.81. The monoisotopic (exact) mass is 114 g/mol. The maximum Gasteiger partial charge on any atom is 0.0488 e. The van der Waals surface area contributed by atoms with Crippen LogP contribution in [0.3, 0.4) is 0 Å². The second-order valence-corrected chi connectivity index (χ2v) is 1.12. The Morgan fingerprint density at radius 2 is 2.00 bits per heavy atom. The summed E-state index contributed by atoms with van der Waals surface area (Å²) >= 11 is 0. The fourth-order valence-corrected chi connectivity index (χ4v) is 0.127. The SMILES string of the molecule is C=C(C)/C=N\N.CC. The molecule has 0 aromatic heterocycles. The van der Waals surface area contributed by atoms with Crippen LogP contribution in [-0.2, 0) is 0 Å². The molecular weight excluding hydrogens is 100 g/mol. The van der Waals surface area contributed by atoms with Gasteiger partial charge in [-0.05, 0) is 12.5 Å². The summed E-state index contributed by atoms with van der Waals surface area (Å²) < 4.78 is 0. The summed E-state index contributed by atoms with van der Waals surface area (Å²) in [5, 5.41) is 3.21. The van der Waals surface area contributed by atoms with E-state index in [9.17, 15) is 0 Å². The third-order valence-corrected chi connectivity index (χ3v) is 0.295. The molecule has 2 N–H and O–H groups in total. The lowest BCUT2D eigenvalue weighted by Gasteiger charge is -1.75. The summed E-state index contributed by atoms with van der Waals surface area (Å²) in [7, 11) is 0. The molecule has 2 heteroatoms. The van der Waals surface area contributed by atoms with Crippen molar-refractivity contribution in [1.82, 2.24) is 0 Å². The first-order valence-electron chi connectivity index (χ1n) is 2.66. The number of nitrogens with two attached hydrogens (primary N) is 1. The van der Waals surface area contributed by atoms with Crippen LogP contribution in [0.5, 0.6) is 0 Å². The first-order valence-corrected chi connectivity index (χ1v) is 2.66. The molecule has 0 fully saturated rings. The van der Waals surface area contributed by atoms with Crippen LogP contribution in [0.1, 0.15) is 20.8 Å².